The normalized spacial score (nSPS) is 16.0. The van der Waals surface area contributed by atoms with E-state index < -0.39 is 0 Å². The van der Waals surface area contributed by atoms with Crippen molar-refractivity contribution in [3.63, 3.8) is 0 Å². The van der Waals surface area contributed by atoms with E-state index in [2.05, 4.69) is 36.1 Å². The summed E-state index contributed by atoms with van der Waals surface area (Å²) >= 11 is 3.41. The second kappa shape index (κ2) is 11.1. The molecule has 0 atom stereocenters. The number of aliphatic hydroxyl groups excluding tert-OH is 2. The fourth-order valence-corrected chi connectivity index (χ4v) is 5.12. The van der Waals surface area contributed by atoms with Crippen molar-refractivity contribution >= 4 is 27.2 Å². The van der Waals surface area contributed by atoms with E-state index in [1.54, 1.807) is 21.4 Å². The third-order valence-electron chi connectivity index (χ3n) is 7.80. The van der Waals surface area contributed by atoms with Gasteiger partial charge in [-0.1, -0.05) is 24.3 Å². The molecule has 2 fully saturated rings. The van der Waals surface area contributed by atoms with Crippen molar-refractivity contribution in [1.82, 2.24) is 29.2 Å². The first-order valence-corrected chi connectivity index (χ1v) is 14.9. The number of rotatable bonds is 8. The second-order valence-corrected chi connectivity index (χ2v) is 11.9. The number of ether oxygens (including phenoxy) is 2. The van der Waals surface area contributed by atoms with Crippen molar-refractivity contribution in [3.8, 4) is 33.8 Å². The lowest BCUT2D eigenvalue weighted by Crippen LogP contribution is -2.22. The molecule has 43 heavy (non-hydrogen) atoms. The highest BCUT2D eigenvalue weighted by molar-refractivity contribution is 9.10. The van der Waals surface area contributed by atoms with E-state index in [9.17, 15) is 10.2 Å². The van der Waals surface area contributed by atoms with Crippen LogP contribution in [0.15, 0.2) is 96.3 Å². The summed E-state index contributed by atoms with van der Waals surface area (Å²) in [4.78, 5) is 8.77. The van der Waals surface area contributed by atoms with Crippen LogP contribution in [0.2, 0.25) is 0 Å². The second-order valence-electron chi connectivity index (χ2n) is 11.0. The largest absolute Gasteiger partial charge is 0.485 e. The molecule has 6 aromatic rings. The molecule has 2 N–H and O–H groups in total. The first-order valence-electron chi connectivity index (χ1n) is 14.1. The minimum atomic E-state index is -0.344. The van der Waals surface area contributed by atoms with Crippen molar-refractivity contribution in [2.45, 2.75) is 36.9 Å². The van der Waals surface area contributed by atoms with Gasteiger partial charge in [-0.05, 0) is 77.0 Å². The molecule has 218 valence electrons. The zero-order chi connectivity index (χ0) is 29.4. The lowest BCUT2D eigenvalue weighted by molar-refractivity contribution is 0.0953. The molecule has 2 aliphatic carbocycles. The Labute approximate surface area is 255 Å². The Morgan fingerprint density at radius 1 is 0.651 bits per heavy atom. The van der Waals surface area contributed by atoms with Crippen LogP contribution in [0.4, 0.5) is 0 Å². The van der Waals surface area contributed by atoms with Gasteiger partial charge >= 0.3 is 0 Å². The van der Waals surface area contributed by atoms with Gasteiger partial charge in [0.25, 0.3) is 0 Å². The molecule has 8 rings (SSSR count). The van der Waals surface area contributed by atoms with Gasteiger partial charge in [0, 0.05) is 42.0 Å². The van der Waals surface area contributed by atoms with Gasteiger partial charge < -0.3 is 19.7 Å². The van der Waals surface area contributed by atoms with Crippen molar-refractivity contribution in [2.24, 2.45) is 0 Å². The number of fused-ring (bicyclic) bond motifs is 2. The smallest absolute Gasteiger partial charge is 0.169 e. The number of hydrogen-bond donors (Lipinski definition) is 2. The lowest BCUT2D eigenvalue weighted by Gasteiger charge is -2.15. The van der Waals surface area contributed by atoms with Crippen LogP contribution in [0.1, 0.15) is 25.7 Å². The highest BCUT2D eigenvalue weighted by atomic mass is 79.9. The molecule has 11 heteroatoms. The summed E-state index contributed by atoms with van der Waals surface area (Å²) in [6.45, 7) is 0.151. The predicted molar refractivity (Wildman–Crippen MR) is 164 cm³/mol. The predicted octanol–water partition coefficient (Wildman–Crippen LogP) is 5.36. The molecule has 0 bridgehead atoms. The summed E-state index contributed by atoms with van der Waals surface area (Å²) in [5, 5.41) is 27.0. The zero-order valence-corrected chi connectivity index (χ0v) is 24.8. The number of hydrogen-bond acceptors (Lipinski definition) is 8. The Hall–Kier alpha value is -4.32. The summed E-state index contributed by atoms with van der Waals surface area (Å²) in [5.41, 5.74) is 5.03. The van der Waals surface area contributed by atoms with E-state index in [1.807, 2.05) is 79.4 Å². The van der Waals surface area contributed by atoms with Crippen LogP contribution in [0, 0.1) is 0 Å². The van der Waals surface area contributed by atoms with E-state index in [1.165, 1.54) is 0 Å². The van der Waals surface area contributed by atoms with Crippen LogP contribution in [-0.2, 0) is 0 Å². The summed E-state index contributed by atoms with van der Waals surface area (Å²) in [6.07, 6.45) is 14.7. The Morgan fingerprint density at radius 2 is 1.19 bits per heavy atom. The first-order chi connectivity index (χ1) is 21.0. The number of nitrogens with zero attached hydrogens (tertiary/aromatic N) is 6. The van der Waals surface area contributed by atoms with Gasteiger partial charge in [0.1, 0.15) is 22.7 Å². The van der Waals surface area contributed by atoms with E-state index in [0.717, 1.165) is 75.2 Å². The van der Waals surface area contributed by atoms with Gasteiger partial charge in [-0.3, -0.25) is 0 Å². The van der Waals surface area contributed by atoms with Gasteiger partial charge in [-0.25, -0.2) is 19.0 Å². The molecular weight excluding hydrogens is 612 g/mol. The molecule has 0 unspecified atom stereocenters. The first kappa shape index (κ1) is 27.5. The number of halogens is 1. The molecular formula is C32H29BrN6O4. The molecule has 0 radical (unpaired) electrons. The topological polar surface area (TPSA) is 119 Å². The monoisotopic (exact) mass is 640 g/mol. The Kier molecular flexibility index (Phi) is 7.08. The molecule has 10 nitrogen and oxygen atoms in total. The van der Waals surface area contributed by atoms with Gasteiger partial charge in [0.05, 0.1) is 30.1 Å². The summed E-state index contributed by atoms with van der Waals surface area (Å²) in [5.74, 6) is 1.57. The SMILES string of the molecule is OCC1(Oc2ccc(-c3cnc4c(Br)cnn4c3)cc2)CC1.OCC1(Oc2ccc(-c3cnc4ccnn4c3)cc2)CC1. The van der Waals surface area contributed by atoms with Crippen molar-refractivity contribution in [3.05, 3.63) is 96.3 Å². The maximum atomic E-state index is 9.31. The Morgan fingerprint density at radius 3 is 1.72 bits per heavy atom. The van der Waals surface area contributed by atoms with E-state index in [0.29, 0.717) is 0 Å². The van der Waals surface area contributed by atoms with Crippen molar-refractivity contribution in [1.29, 1.82) is 0 Å². The highest BCUT2D eigenvalue weighted by Gasteiger charge is 2.45. The molecule has 0 amide bonds. The summed E-state index contributed by atoms with van der Waals surface area (Å²) < 4.78 is 16.0. The zero-order valence-electron chi connectivity index (χ0n) is 23.2. The quantitative estimate of drug-likeness (QED) is 0.228. The molecule has 0 spiro atoms. The van der Waals surface area contributed by atoms with Crippen LogP contribution in [-0.4, -0.2) is 63.8 Å². The molecule has 0 saturated heterocycles. The fraction of sp³-hybridized carbons (Fsp3) is 0.250. The number of aliphatic hydroxyl groups is 2. The summed E-state index contributed by atoms with van der Waals surface area (Å²) in [6, 6.07) is 17.5. The number of aromatic nitrogens is 6. The van der Waals surface area contributed by atoms with Gasteiger partial charge in [0.15, 0.2) is 11.3 Å². The molecule has 2 saturated carbocycles. The van der Waals surface area contributed by atoms with Crippen LogP contribution < -0.4 is 9.47 Å². The number of benzene rings is 2. The van der Waals surface area contributed by atoms with Gasteiger partial charge in [-0.2, -0.15) is 10.2 Å². The third-order valence-corrected chi connectivity index (χ3v) is 8.36. The standard InChI is InChI=1S/C16H14BrN3O2.C16H15N3O2/c17-14-8-19-20-9-12(7-18-15(14)20)11-1-3-13(4-2-11)22-16(10-21)5-6-16;20-11-16(6-7-16)21-14-3-1-12(2-4-14)13-9-17-15-5-8-18-19(15)10-13/h1-4,7-9,21H,5-6,10H2;1-5,8-10,20H,6-7,11H2. The Balaban J connectivity index is 0.000000140. The average molecular weight is 642 g/mol. The molecule has 2 aromatic carbocycles. The highest BCUT2D eigenvalue weighted by Crippen LogP contribution is 2.41. The lowest BCUT2D eigenvalue weighted by atomic mass is 10.1. The van der Waals surface area contributed by atoms with Gasteiger partial charge in [0.2, 0.25) is 0 Å². The van der Waals surface area contributed by atoms with Crippen molar-refractivity contribution < 1.29 is 19.7 Å². The minimum Gasteiger partial charge on any atom is -0.485 e. The summed E-state index contributed by atoms with van der Waals surface area (Å²) in [7, 11) is 0. The third kappa shape index (κ3) is 5.83. The van der Waals surface area contributed by atoms with Gasteiger partial charge in [-0.15, -0.1) is 0 Å². The maximum Gasteiger partial charge on any atom is 0.169 e. The Bertz CT molecular complexity index is 1880. The maximum absolute atomic E-state index is 9.31. The van der Waals surface area contributed by atoms with E-state index in [4.69, 9.17) is 9.47 Å². The van der Waals surface area contributed by atoms with Crippen LogP contribution in [0.5, 0.6) is 11.5 Å². The molecule has 2 aliphatic rings. The van der Waals surface area contributed by atoms with Crippen LogP contribution >= 0.6 is 15.9 Å². The molecule has 4 aromatic heterocycles. The van der Waals surface area contributed by atoms with Crippen molar-refractivity contribution in [2.75, 3.05) is 13.2 Å². The minimum absolute atomic E-state index is 0.0729. The van der Waals surface area contributed by atoms with Crippen LogP contribution in [0.3, 0.4) is 0 Å². The molecule has 4 heterocycles. The average Bonchev–Trinajstić information content (AvgIpc) is 3.92. The van der Waals surface area contributed by atoms with E-state index in [-0.39, 0.29) is 24.4 Å². The molecule has 0 aliphatic heterocycles. The fourth-order valence-electron chi connectivity index (χ4n) is 4.75. The van der Waals surface area contributed by atoms with Crippen LogP contribution in [0.25, 0.3) is 33.5 Å². The van der Waals surface area contributed by atoms with E-state index >= 15 is 0 Å².